The van der Waals surface area contributed by atoms with Crippen LogP contribution in [0.1, 0.15) is 47.3 Å². The van der Waals surface area contributed by atoms with E-state index in [1.165, 1.54) is 0 Å². The van der Waals surface area contributed by atoms with Gasteiger partial charge >= 0.3 is 0 Å². The lowest BCUT2D eigenvalue weighted by molar-refractivity contribution is -0.119. The standard InChI is InChI=1S/C19H25N5O3/c1-2-3-5-8-20-18(26)16-15-7-4-6-9-24(15)17(21-16)19(27)23-12-10-22(14-25)11-13-23/h4,6-7,9,14H,2-3,5,8,10-13H2,1H3,(H,20,26). The maximum atomic E-state index is 12.9. The lowest BCUT2D eigenvalue weighted by Crippen LogP contribution is -2.48. The Morgan fingerprint density at radius 1 is 1.19 bits per heavy atom. The van der Waals surface area contributed by atoms with Crippen LogP contribution in [-0.2, 0) is 4.79 Å². The predicted molar refractivity (Wildman–Crippen MR) is 101 cm³/mol. The zero-order valence-corrected chi connectivity index (χ0v) is 15.6. The molecule has 0 bridgehead atoms. The summed E-state index contributed by atoms with van der Waals surface area (Å²) in [6.45, 7) is 4.62. The molecule has 8 nitrogen and oxygen atoms in total. The Hall–Kier alpha value is -2.90. The normalized spacial score (nSPS) is 14.4. The van der Waals surface area contributed by atoms with Crippen LogP contribution >= 0.6 is 0 Å². The molecule has 0 spiro atoms. The van der Waals surface area contributed by atoms with E-state index in [2.05, 4.69) is 17.2 Å². The molecule has 1 saturated heterocycles. The van der Waals surface area contributed by atoms with Crippen LogP contribution in [-0.4, -0.2) is 70.1 Å². The van der Waals surface area contributed by atoms with Crippen molar-refractivity contribution in [1.29, 1.82) is 0 Å². The molecule has 0 saturated carbocycles. The van der Waals surface area contributed by atoms with Gasteiger partial charge in [0, 0.05) is 38.9 Å². The number of aromatic nitrogens is 2. The predicted octanol–water partition coefficient (Wildman–Crippen LogP) is 1.17. The fraction of sp³-hybridized carbons (Fsp3) is 0.474. The van der Waals surface area contributed by atoms with Crippen LogP contribution in [0, 0.1) is 0 Å². The average molecular weight is 371 g/mol. The van der Waals surface area contributed by atoms with E-state index >= 15 is 0 Å². The quantitative estimate of drug-likeness (QED) is 0.585. The van der Waals surface area contributed by atoms with E-state index in [1.807, 2.05) is 6.07 Å². The summed E-state index contributed by atoms with van der Waals surface area (Å²) >= 11 is 0. The second-order valence-electron chi connectivity index (χ2n) is 6.64. The van der Waals surface area contributed by atoms with Crippen molar-refractivity contribution in [2.45, 2.75) is 26.2 Å². The van der Waals surface area contributed by atoms with E-state index in [1.54, 1.807) is 32.5 Å². The molecule has 3 heterocycles. The van der Waals surface area contributed by atoms with Gasteiger partial charge < -0.3 is 15.1 Å². The monoisotopic (exact) mass is 371 g/mol. The largest absolute Gasteiger partial charge is 0.351 e. The first kappa shape index (κ1) is 18.9. The Balaban J connectivity index is 1.81. The van der Waals surface area contributed by atoms with Crippen molar-refractivity contribution in [3.8, 4) is 0 Å². The van der Waals surface area contributed by atoms with E-state index in [4.69, 9.17) is 0 Å². The number of unbranched alkanes of at least 4 members (excludes halogenated alkanes) is 2. The van der Waals surface area contributed by atoms with Gasteiger partial charge in [0.15, 0.2) is 5.69 Å². The van der Waals surface area contributed by atoms with Crippen LogP contribution in [0.15, 0.2) is 24.4 Å². The second-order valence-corrected chi connectivity index (χ2v) is 6.64. The molecule has 0 aromatic carbocycles. The van der Waals surface area contributed by atoms with Crippen molar-refractivity contribution in [2.75, 3.05) is 32.7 Å². The Bertz CT molecular complexity index is 824. The smallest absolute Gasteiger partial charge is 0.290 e. The Kier molecular flexibility index (Phi) is 6.05. The molecule has 8 heteroatoms. The van der Waals surface area contributed by atoms with E-state index in [-0.39, 0.29) is 23.3 Å². The number of piperazine rings is 1. The summed E-state index contributed by atoms with van der Waals surface area (Å²) < 4.78 is 1.66. The molecule has 0 unspecified atom stereocenters. The van der Waals surface area contributed by atoms with Crippen LogP contribution in [0.25, 0.3) is 5.52 Å². The number of nitrogens with one attached hydrogen (secondary N) is 1. The number of hydrogen-bond donors (Lipinski definition) is 1. The number of hydrogen-bond acceptors (Lipinski definition) is 4. The summed E-state index contributed by atoms with van der Waals surface area (Å²) in [6.07, 6.45) is 5.60. The minimum Gasteiger partial charge on any atom is -0.351 e. The van der Waals surface area contributed by atoms with Gasteiger partial charge in [-0.25, -0.2) is 4.98 Å². The van der Waals surface area contributed by atoms with E-state index < -0.39 is 0 Å². The van der Waals surface area contributed by atoms with Crippen LogP contribution in [0.3, 0.4) is 0 Å². The fourth-order valence-corrected chi connectivity index (χ4v) is 3.19. The number of carbonyl (C=O) groups excluding carboxylic acids is 3. The van der Waals surface area contributed by atoms with Crippen molar-refractivity contribution in [3.05, 3.63) is 35.9 Å². The highest BCUT2D eigenvalue weighted by Gasteiger charge is 2.27. The van der Waals surface area contributed by atoms with Gasteiger partial charge in [-0.15, -0.1) is 0 Å². The summed E-state index contributed by atoms with van der Waals surface area (Å²) in [6, 6.07) is 5.41. The molecule has 0 atom stereocenters. The highest BCUT2D eigenvalue weighted by atomic mass is 16.2. The van der Waals surface area contributed by atoms with Crippen molar-refractivity contribution in [1.82, 2.24) is 24.5 Å². The molecule has 2 aromatic rings. The Morgan fingerprint density at radius 3 is 2.67 bits per heavy atom. The molecule has 27 heavy (non-hydrogen) atoms. The van der Waals surface area contributed by atoms with Gasteiger partial charge in [-0.3, -0.25) is 18.8 Å². The van der Waals surface area contributed by atoms with E-state index in [0.29, 0.717) is 38.2 Å². The number of pyridine rings is 1. The summed E-state index contributed by atoms with van der Waals surface area (Å²) in [7, 11) is 0. The van der Waals surface area contributed by atoms with E-state index in [9.17, 15) is 14.4 Å². The van der Waals surface area contributed by atoms with Crippen molar-refractivity contribution < 1.29 is 14.4 Å². The third kappa shape index (κ3) is 4.10. The Morgan fingerprint density at radius 2 is 1.96 bits per heavy atom. The Labute approximate surface area is 158 Å². The molecule has 3 amide bonds. The summed E-state index contributed by atoms with van der Waals surface area (Å²) in [5.41, 5.74) is 0.877. The number of rotatable bonds is 7. The third-order valence-electron chi connectivity index (χ3n) is 4.77. The molecule has 1 aliphatic heterocycles. The SMILES string of the molecule is CCCCCNC(=O)c1nc(C(=O)N2CCN(C=O)CC2)n2ccccc12. The first-order chi connectivity index (χ1) is 13.2. The van der Waals surface area contributed by atoms with Crippen molar-refractivity contribution in [3.63, 3.8) is 0 Å². The number of nitrogens with zero attached hydrogens (tertiary/aromatic N) is 4. The second kappa shape index (κ2) is 8.66. The maximum absolute atomic E-state index is 12.9. The van der Waals surface area contributed by atoms with Crippen molar-refractivity contribution in [2.24, 2.45) is 0 Å². The molecule has 144 valence electrons. The first-order valence-corrected chi connectivity index (χ1v) is 9.39. The zero-order chi connectivity index (χ0) is 19.2. The van der Waals surface area contributed by atoms with Crippen LogP contribution in [0.2, 0.25) is 0 Å². The van der Waals surface area contributed by atoms with Crippen LogP contribution in [0.5, 0.6) is 0 Å². The number of fused-ring (bicyclic) bond motifs is 1. The molecule has 0 aliphatic carbocycles. The number of amides is 3. The fourth-order valence-electron chi connectivity index (χ4n) is 3.19. The average Bonchev–Trinajstić information content (AvgIpc) is 3.10. The molecule has 2 aromatic heterocycles. The van der Waals surface area contributed by atoms with Gasteiger partial charge in [0.2, 0.25) is 12.2 Å². The first-order valence-electron chi connectivity index (χ1n) is 9.39. The van der Waals surface area contributed by atoms with Gasteiger partial charge in [-0.1, -0.05) is 25.8 Å². The van der Waals surface area contributed by atoms with Gasteiger partial charge in [0.1, 0.15) is 0 Å². The molecular weight excluding hydrogens is 346 g/mol. The lowest BCUT2D eigenvalue weighted by atomic mass is 10.2. The zero-order valence-electron chi connectivity index (χ0n) is 15.6. The third-order valence-corrected chi connectivity index (χ3v) is 4.77. The van der Waals surface area contributed by atoms with Gasteiger partial charge in [0.25, 0.3) is 11.8 Å². The topological polar surface area (TPSA) is 87.0 Å². The maximum Gasteiger partial charge on any atom is 0.290 e. The molecule has 1 aliphatic rings. The minimum absolute atomic E-state index is 0.226. The van der Waals surface area contributed by atoms with Crippen LogP contribution in [0.4, 0.5) is 0 Å². The lowest BCUT2D eigenvalue weighted by Gasteiger charge is -2.32. The summed E-state index contributed by atoms with van der Waals surface area (Å²) in [4.78, 5) is 44.0. The molecule has 1 fully saturated rings. The molecule has 1 N–H and O–H groups in total. The van der Waals surface area contributed by atoms with Gasteiger partial charge in [0.05, 0.1) is 5.52 Å². The highest BCUT2D eigenvalue weighted by molar-refractivity contribution is 6.02. The van der Waals surface area contributed by atoms with Gasteiger partial charge in [-0.2, -0.15) is 0 Å². The van der Waals surface area contributed by atoms with E-state index in [0.717, 1.165) is 25.7 Å². The summed E-state index contributed by atoms with van der Waals surface area (Å²) in [5, 5.41) is 2.89. The van der Waals surface area contributed by atoms with Crippen molar-refractivity contribution >= 4 is 23.7 Å². The number of carbonyl (C=O) groups is 3. The number of imidazole rings is 1. The molecule has 3 rings (SSSR count). The molecule has 0 radical (unpaired) electrons. The highest BCUT2D eigenvalue weighted by Crippen LogP contribution is 2.16. The minimum atomic E-state index is -0.264. The van der Waals surface area contributed by atoms with Crippen LogP contribution < -0.4 is 5.32 Å². The van der Waals surface area contributed by atoms with Gasteiger partial charge in [-0.05, 0) is 18.6 Å². The molecular formula is C19H25N5O3. The summed E-state index contributed by atoms with van der Waals surface area (Å²) in [5.74, 6) is -0.268.